The highest BCUT2D eigenvalue weighted by atomic mass is 14.9. The summed E-state index contributed by atoms with van der Waals surface area (Å²) in [5, 5.41) is 3.44. The summed E-state index contributed by atoms with van der Waals surface area (Å²) in [4.78, 5) is 4.09. The zero-order chi connectivity index (χ0) is 10.4. The molecule has 14 heavy (non-hydrogen) atoms. The van der Waals surface area contributed by atoms with Gasteiger partial charge in [0.2, 0.25) is 0 Å². The van der Waals surface area contributed by atoms with Crippen molar-refractivity contribution in [2.24, 2.45) is 0 Å². The van der Waals surface area contributed by atoms with Crippen molar-refractivity contribution in [2.75, 3.05) is 6.54 Å². The fraction of sp³-hybridized carbons (Fsp3) is 0.417. The SMILES string of the molecule is C=CCC(NCC)c1ccncc1C. The summed E-state index contributed by atoms with van der Waals surface area (Å²) in [6.45, 7) is 8.97. The van der Waals surface area contributed by atoms with Crippen LogP contribution >= 0.6 is 0 Å². The molecular weight excluding hydrogens is 172 g/mol. The van der Waals surface area contributed by atoms with Crippen molar-refractivity contribution in [1.82, 2.24) is 10.3 Å². The number of aromatic nitrogens is 1. The summed E-state index contributed by atoms with van der Waals surface area (Å²) in [6.07, 6.45) is 6.66. The number of rotatable bonds is 5. The van der Waals surface area contributed by atoms with Crippen molar-refractivity contribution in [3.8, 4) is 0 Å². The molecule has 0 aliphatic heterocycles. The van der Waals surface area contributed by atoms with Crippen LogP contribution in [0.15, 0.2) is 31.1 Å². The lowest BCUT2D eigenvalue weighted by molar-refractivity contribution is 0.556. The number of pyridine rings is 1. The zero-order valence-corrected chi connectivity index (χ0v) is 8.96. The molecule has 0 aliphatic rings. The Bertz CT molecular complexity index is 294. The second kappa shape index (κ2) is 5.55. The van der Waals surface area contributed by atoms with E-state index in [9.17, 15) is 0 Å². The van der Waals surface area contributed by atoms with Gasteiger partial charge in [-0.25, -0.2) is 0 Å². The van der Waals surface area contributed by atoms with E-state index in [0.29, 0.717) is 6.04 Å². The summed E-state index contributed by atoms with van der Waals surface area (Å²) >= 11 is 0. The molecule has 1 unspecified atom stereocenters. The largest absolute Gasteiger partial charge is 0.310 e. The molecule has 2 heteroatoms. The van der Waals surface area contributed by atoms with Gasteiger partial charge < -0.3 is 5.32 Å². The van der Waals surface area contributed by atoms with Crippen LogP contribution in [0.3, 0.4) is 0 Å². The topological polar surface area (TPSA) is 24.9 Å². The second-order valence-electron chi connectivity index (χ2n) is 3.37. The van der Waals surface area contributed by atoms with Crippen LogP contribution in [0.4, 0.5) is 0 Å². The first-order valence-electron chi connectivity index (χ1n) is 5.04. The van der Waals surface area contributed by atoms with Gasteiger partial charge in [0.05, 0.1) is 0 Å². The molecule has 0 bridgehead atoms. The standard InChI is InChI=1S/C12H18N2/c1-4-6-12(14-5-2)11-7-8-13-9-10(11)3/h4,7-9,12,14H,1,5-6H2,2-3H3. The third kappa shape index (κ3) is 2.67. The van der Waals surface area contributed by atoms with E-state index < -0.39 is 0 Å². The minimum atomic E-state index is 0.375. The Morgan fingerprint density at radius 1 is 1.64 bits per heavy atom. The van der Waals surface area contributed by atoms with Gasteiger partial charge in [0, 0.05) is 18.4 Å². The molecule has 1 aromatic rings. The maximum absolute atomic E-state index is 4.09. The molecular formula is C12H18N2. The summed E-state index contributed by atoms with van der Waals surface area (Å²) in [7, 11) is 0. The lowest BCUT2D eigenvalue weighted by Crippen LogP contribution is -2.21. The third-order valence-electron chi connectivity index (χ3n) is 2.29. The molecule has 1 heterocycles. The molecule has 1 rings (SSSR count). The fourth-order valence-electron chi connectivity index (χ4n) is 1.61. The first-order valence-corrected chi connectivity index (χ1v) is 5.04. The van der Waals surface area contributed by atoms with E-state index in [1.165, 1.54) is 11.1 Å². The van der Waals surface area contributed by atoms with E-state index in [4.69, 9.17) is 0 Å². The average Bonchev–Trinajstić information content (AvgIpc) is 2.18. The molecule has 0 saturated heterocycles. The molecule has 0 amide bonds. The van der Waals surface area contributed by atoms with Crippen LogP contribution in [-0.4, -0.2) is 11.5 Å². The maximum atomic E-state index is 4.09. The van der Waals surface area contributed by atoms with Crippen molar-refractivity contribution >= 4 is 0 Å². The number of nitrogens with one attached hydrogen (secondary N) is 1. The average molecular weight is 190 g/mol. The Morgan fingerprint density at radius 2 is 2.43 bits per heavy atom. The molecule has 2 nitrogen and oxygen atoms in total. The van der Waals surface area contributed by atoms with Crippen LogP contribution in [-0.2, 0) is 0 Å². The zero-order valence-electron chi connectivity index (χ0n) is 8.96. The molecule has 76 valence electrons. The summed E-state index contributed by atoms with van der Waals surface area (Å²) < 4.78 is 0. The summed E-state index contributed by atoms with van der Waals surface area (Å²) in [5.74, 6) is 0. The van der Waals surface area contributed by atoms with Gasteiger partial charge in [-0.3, -0.25) is 4.98 Å². The smallest absolute Gasteiger partial charge is 0.0358 e. The highest BCUT2D eigenvalue weighted by Gasteiger charge is 2.09. The monoisotopic (exact) mass is 190 g/mol. The van der Waals surface area contributed by atoms with Crippen LogP contribution < -0.4 is 5.32 Å². The van der Waals surface area contributed by atoms with Crippen LogP contribution in [0.1, 0.15) is 30.5 Å². The molecule has 0 radical (unpaired) electrons. The third-order valence-corrected chi connectivity index (χ3v) is 2.29. The second-order valence-corrected chi connectivity index (χ2v) is 3.37. The minimum Gasteiger partial charge on any atom is -0.310 e. The normalized spacial score (nSPS) is 12.4. The van der Waals surface area contributed by atoms with E-state index in [2.05, 4.69) is 36.8 Å². The number of aryl methyl sites for hydroxylation is 1. The minimum absolute atomic E-state index is 0.375. The Labute approximate surface area is 86.1 Å². The van der Waals surface area contributed by atoms with E-state index in [0.717, 1.165) is 13.0 Å². The quantitative estimate of drug-likeness (QED) is 0.722. The lowest BCUT2D eigenvalue weighted by Gasteiger charge is -2.18. The molecule has 1 N–H and O–H groups in total. The Morgan fingerprint density at radius 3 is 3.00 bits per heavy atom. The molecule has 0 fully saturated rings. The van der Waals surface area contributed by atoms with Crippen molar-refractivity contribution in [1.29, 1.82) is 0 Å². The first kappa shape index (κ1) is 10.9. The number of hydrogen-bond acceptors (Lipinski definition) is 2. The summed E-state index contributed by atoms with van der Waals surface area (Å²) in [5.41, 5.74) is 2.56. The van der Waals surface area contributed by atoms with E-state index in [-0.39, 0.29) is 0 Å². The first-order chi connectivity index (χ1) is 6.79. The molecule has 0 aromatic carbocycles. The van der Waals surface area contributed by atoms with Gasteiger partial charge in [-0.1, -0.05) is 13.0 Å². The van der Waals surface area contributed by atoms with Gasteiger partial charge in [-0.2, -0.15) is 0 Å². The van der Waals surface area contributed by atoms with E-state index in [1.54, 1.807) is 0 Å². The van der Waals surface area contributed by atoms with Gasteiger partial charge in [0.15, 0.2) is 0 Å². The highest BCUT2D eigenvalue weighted by molar-refractivity contribution is 5.25. The molecule has 0 spiro atoms. The van der Waals surface area contributed by atoms with E-state index >= 15 is 0 Å². The Hall–Kier alpha value is -1.15. The predicted molar refractivity (Wildman–Crippen MR) is 60.2 cm³/mol. The predicted octanol–water partition coefficient (Wildman–Crippen LogP) is 2.62. The highest BCUT2D eigenvalue weighted by Crippen LogP contribution is 2.19. The van der Waals surface area contributed by atoms with Crippen LogP contribution in [0, 0.1) is 6.92 Å². The maximum Gasteiger partial charge on any atom is 0.0358 e. The van der Waals surface area contributed by atoms with Crippen molar-refractivity contribution in [3.63, 3.8) is 0 Å². The van der Waals surface area contributed by atoms with Crippen LogP contribution in [0.25, 0.3) is 0 Å². The van der Waals surface area contributed by atoms with Gasteiger partial charge >= 0.3 is 0 Å². The van der Waals surface area contributed by atoms with E-state index in [1.807, 2.05) is 18.5 Å². The fourth-order valence-corrected chi connectivity index (χ4v) is 1.61. The molecule has 1 aromatic heterocycles. The summed E-state index contributed by atoms with van der Waals surface area (Å²) in [6, 6.07) is 2.45. The lowest BCUT2D eigenvalue weighted by atomic mass is 10.0. The molecule has 0 aliphatic carbocycles. The number of hydrogen-bond donors (Lipinski definition) is 1. The van der Waals surface area contributed by atoms with Gasteiger partial charge in [-0.15, -0.1) is 6.58 Å². The van der Waals surface area contributed by atoms with Gasteiger partial charge in [-0.05, 0) is 37.1 Å². The van der Waals surface area contributed by atoms with Crippen molar-refractivity contribution < 1.29 is 0 Å². The van der Waals surface area contributed by atoms with Crippen molar-refractivity contribution in [3.05, 3.63) is 42.2 Å². The molecule has 0 saturated carbocycles. The van der Waals surface area contributed by atoms with Gasteiger partial charge in [0.25, 0.3) is 0 Å². The van der Waals surface area contributed by atoms with Crippen molar-refractivity contribution in [2.45, 2.75) is 26.3 Å². The van der Waals surface area contributed by atoms with Gasteiger partial charge in [0.1, 0.15) is 0 Å². The van der Waals surface area contributed by atoms with Crippen LogP contribution in [0.2, 0.25) is 0 Å². The Balaban J connectivity index is 2.86. The Kier molecular flexibility index (Phi) is 4.33. The molecule has 1 atom stereocenters. The number of nitrogens with zero attached hydrogens (tertiary/aromatic N) is 1. The van der Waals surface area contributed by atoms with Crippen LogP contribution in [0.5, 0.6) is 0 Å².